The van der Waals surface area contributed by atoms with Crippen LogP contribution in [0, 0.1) is 0 Å². The molecule has 1 aromatic heterocycles. The zero-order valence-corrected chi connectivity index (χ0v) is 14.7. The first-order chi connectivity index (χ1) is 12.0. The molecular weight excluding hydrogens is 340 g/mol. The maximum Gasteiger partial charge on any atom is 0.240 e. The molecule has 0 unspecified atom stereocenters. The summed E-state index contributed by atoms with van der Waals surface area (Å²) >= 11 is 0. The Balaban J connectivity index is 0.00000182. The zero-order chi connectivity index (χ0) is 17.9. The van der Waals surface area contributed by atoms with Crippen molar-refractivity contribution in [2.45, 2.75) is 11.4 Å². The zero-order valence-electron chi connectivity index (χ0n) is 13.8. The van der Waals surface area contributed by atoms with Gasteiger partial charge in [0.2, 0.25) is 15.8 Å². The van der Waals surface area contributed by atoms with Gasteiger partial charge >= 0.3 is 0 Å². The maximum atomic E-state index is 12.1. The highest BCUT2D eigenvalue weighted by Crippen LogP contribution is 2.28. The van der Waals surface area contributed by atoms with E-state index in [0.717, 1.165) is 11.3 Å². The Morgan fingerprint density at radius 2 is 1.92 bits per heavy atom. The first-order valence-electron chi connectivity index (χ1n) is 7.59. The largest absolute Gasteiger partial charge is 0.380 e. The van der Waals surface area contributed by atoms with Gasteiger partial charge in [-0.25, -0.2) is 13.1 Å². The third kappa shape index (κ3) is 3.83. The van der Waals surface area contributed by atoms with Crippen LogP contribution in [-0.4, -0.2) is 35.7 Å². The minimum absolute atomic E-state index is 0. The molecule has 0 fully saturated rings. The molecule has 8 nitrogen and oxygen atoms in total. The van der Waals surface area contributed by atoms with Crippen LogP contribution in [0.2, 0.25) is 0 Å². The predicted molar refractivity (Wildman–Crippen MR) is 98.5 cm³/mol. The van der Waals surface area contributed by atoms with Crippen LogP contribution in [0.15, 0.2) is 53.4 Å². The molecule has 0 saturated heterocycles. The van der Waals surface area contributed by atoms with Crippen molar-refractivity contribution in [3.05, 3.63) is 54.1 Å². The normalized spacial score (nSPS) is 11.4. The summed E-state index contributed by atoms with van der Waals surface area (Å²) in [5.41, 5.74) is 2.40. The van der Waals surface area contributed by atoms with Crippen molar-refractivity contribution >= 4 is 15.7 Å². The summed E-state index contributed by atoms with van der Waals surface area (Å²) in [5, 5.41) is 15.3. The smallest absolute Gasteiger partial charge is 0.240 e. The SMILES string of the molecule is CNS(=O)(=O)c1ccc(NCc2ccccc2)c(-c2nnn(C)n2)c1.[HH].[HH]. The van der Waals surface area contributed by atoms with Gasteiger partial charge < -0.3 is 5.32 Å². The number of hydrogen-bond donors (Lipinski definition) is 2. The van der Waals surface area contributed by atoms with Gasteiger partial charge in [-0.05, 0) is 36.0 Å². The van der Waals surface area contributed by atoms with Crippen LogP contribution in [0.4, 0.5) is 5.69 Å². The second-order valence-corrected chi connectivity index (χ2v) is 7.24. The van der Waals surface area contributed by atoms with Gasteiger partial charge in [-0.15, -0.1) is 10.2 Å². The molecule has 25 heavy (non-hydrogen) atoms. The van der Waals surface area contributed by atoms with Crippen molar-refractivity contribution in [2.75, 3.05) is 12.4 Å². The standard InChI is InChI=1S/C16H18N6O2S.2H2/c1-17-25(23,24)13-8-9-15(18-11-12-6-4-3-5-7-12)14(10-13)16-19-21-22(2)20-16;;/h3-10,17-18H,11H2,1-2H3;2*1H. The van der Waals surface area contributed by atoms with Gasteiger partial charge in [0, 0.05) is 20.6 Å². The number of tetrazole rings is 1. The number of sulfonamides is 1. The second kappa shape index (κ2) is 6.99. The van der Waals surface area contributed by atoms with Gasteiger partial charge in [0.05, 0.1) is 11.9 Å². The van der Waals surface area contributed by atoms with Gasteiger partial charge in [0.25, 0.3) is 0 Å². The van der Waals surface area contributed by atoms with Gasteiger partial charge in [-0.3, -0.25) is 0 Å². The van der Waals surface area contributed by atoms with E-state index in [1.165, 1.54) is 17.9 Å². The Hall–Kier alpha value is -2.78. The molecule has 134 valence electrons. The second-order valence-electron chi connectivity index (χ2n) is 5.36. The molecule has 0 spiro atoms. The monoisotopic (exact) mass is 362 g/mol. The fraction of sp³-hybridized carbons (Fsp3) is 0.188. The van der Waals surface area contributed by atoms with Crippen molar-refractivity contribution in [1.82, 2.24) is 24.9 Å². The van der Waals surface area contributed by atoms with Gasteiger partial charge in [-0.1, -0.05) is 30.3 Å². The molecule has 1 heterocycles. The molecular formula is C16H22N6O2S. The molecule has 0 atom stereocenters. The third-order valence-electron chi connectivity index (χ3n) is 3.65. The molecule has 0 amide bonds. The van der Waals surface area contributed by atoms with Crippen LogP contribution in [0.3, 0.4) is 0 Å². The van der Waals surface area contributed by atoms with E-state index >= 15 is 0 Å². The van der Waals surface area contributed by atoms with Gasteiger partial charge in [0.1, 0.15) is 0 Å². The summed E-state index contributed by atoms with van der Waals surface area (Å²) in [6.07, 6.45) is 0. The first-order valence-corrected chi connectivity index (χ1v) is 9.07. The Kier molecular flexibility index (Phi) is 4.77. The van der Waals surface area contributed by atoms with Crippen molar-refractivity contribution in [1.29, 1.82) is 0 Å². The first kappa shape index (κ1) is 17.1. The summed E-state index contributed by atoms with van der Waals surface area (Å²) in [5.74, 6) is 0.353. The van der Waals surface area contributed by atoms with Gasteiger partial charge in [0.15, 0.2) is 0 Å². The lowest BCUT2D eigenvalue weighted by atomic mass is 10.1. The molecule has 0 aliphatic heterocycles. The number of benzene rings is 2. The average molecular weight is 362 g/mol. The fourth-order valence-electron chi connectivity index (χ4n) is 2.33. The molecule has 0 radical (unpaired) electrons. The highest BCUT2D eigenvalue weighted by atomic mass is 32.2. The van der Waals surface area contributed by atoms with E-state index in [1.807, 2.05) is 30.3 Å². The lowest BCUT2D eigenvalue weighted by Crippen LogP contribution is -2.18. The van der Waals surface area contributed by atoms with Crippen LogP contribution in [0.5, 0.6) is 0 Å². The number of hydrogen-bond acceptors (Lipinski definition) is 6. The fourth-order valence-corrected chi connectivity index (χ4v) is 3.09. The van der Waals surface area contributed by atoms with Crippen LogP contribution in [0.25, 0.3) is 11.4 Å². The number of aryl methyl sites for hydroxylation is 1. The average Bonchev–Trinajstić information content (AvgIpc) is 3.07. The summed E-state index contributed by atoms with van der Waals surface area (Å²) in [6.45, 7) is 0.590. The summed E-state index contributed by atoms with van der Waals surface area (Å²) < 4.78 is 26.5. The predicted octanol–water partition coefficient (Wildman–Crippen LogP) is 1.89. The highest BCUT2D eigenvalue weighted by Gasteiger charge is 2.17. The van der Waals surface area contributed by atoms with Crippen molar-refractivity contribution in [2.24, 2.45) is 7.05 Å². The number of anilines is 1. The number of aromatic nitrogens is 4. The van der Waals surface area contributed by atoms with E-state index < -0.39 is 10.0 Å². The Morgan fingerprint density at radius 1 is 1.16 bits per heavy atom. The lowest BCUT2D eigenvalue weighted by Gasteiger charge is -2.12. The minimum atomic E-state index is -3.57. The number of nitrogens with zero attached hydrogens (tertiary/aromatic N) is 4. The summed E-state index contributed by atoms with van der Waals surface area (Å²) in [7, 11) is -0.540. The molecule has 0 aliphatic rings. The van der Waals surface area contributed by atoms with E-state index in [-0.39, 0.29) is 7.75 Å². The summed E-state index contributed by atoms with van der Waals surface area (Å²) in [4.78, 5) is 1.47. The van der Waals surface area contributed by atoms with Crippen LogP contribution in [-0.2, 0) is 23.6 Å². The van der Waals surface area contributed by atoms with E-state index in [1.54, 1.807) is 19.2 Å². The highest BCUT2D eigenvalue weighted by molar-refractivity contribution is 7.89. The van der Waals surface area contributed by atoms with E-state index in [2.05, 4.69) is 25.4 Å². The molecule has 2 N–H and O–H groups in total. The molecule has 3 rings (SSSR count). The topological polar surface area (TPSA) is 102 Å². The van der Waals surface area contributed by atoms with Crippen LogP contribution < -0.4 is 10.0 Å². The van der Waals surface area contributed by atoms with E-state index in [9.17, 15) is 8.42 Å². The van der Waals surface area contributed by atoms with Gasteiger partial charge in [-0.2, -0.15) is 4.80 Å². The van der Waals surface area contributed by atoms with Crippen molar-refractivity contribution in [3.63, 3.8) is 0 Å². The number of nitrogens with one attached hydrogen (secondary N) is 2. The maximum absolute atomic E-state index is 12.1. The summed E-state index contributed by atoms with van der Waals surface area (Å²) in [6, 6.07) is 14.7. The quantitative estimate of drug-likeness (QED) is 0.694. The molecule has 0 aliphatic carbocycles. The molecule has 9 heteroatoms. The molecule has 3 aromatic rings. The Bertz CT molecular complexity index is 980. The lowest BCUT2D eigenvalue weighted by molar-refractivity contribution is 0.588. The van der Waals surface area contributed by atoms with Crippen LogP contribution >= 0.6 is 0 Å². The van der Waals surface area contributed by atoms with E-state index in [4.69, 9.17) is 0 Å². The van der Waals surface area contributed by atoms with Crippen LogP contribution in [0.1, 0.15) is 8.42 Å². The van der Waals surface area contributed by atoms with Crippen molar-refractivity contribution < 1.29 is 11.3 Å². The minimum Gasteiger partial charge on any atom is -0.380 e. The molecule has 2 aromatic carbocycles. The Morgan fingerprint density at radius 3 is 2.56 bits per heavy atom. The number of rotatable bonds is 6. The third-order valence-corrected chi connectivity index (χ3v) is 5.06. The molecule has 0 saturated carbocycles. The van der Waals surface area contributed by atoms with Crippen molar-refractivity contribution in [3.8, 4) is 11.4 Å². The Labute approximate surface area is 148 Å². The molecule has 0 bridgehead atoms. The van der Waals surface area contributed by atoms with E-state index in [0.29, 0.717) is 17.9 Å².